The van der Waals surface area contributed by atoms with Crippen LogP contribution in [0.3, 0.4) is 0 Å². The number of nitrogens with zero attached hydrogens (tertiary/aromatic N) is 1. The van der Waals surface area contributed by atoms with Crippen LogP contribution in [0.25, 0.3) is 10.2 Å². The first-order chi connectivity index (χ1) is 6.48. The van der Waals surface area contributed by atoms with Gasteiger partial charge in [-0.05, 0) is 28.1 Å². The minimum Gasteiger partial charge on any atom is -0.239 e. The lowest BCUT2D eigenvalue weighted by molar-refractivity contribution is 0.587. The van der Waals surface area contributed by atoms with Crippen molar-refractivity contribution in [3.63, 3.8) is 0 Å². The fourth-order valence-corrected chi connectivity index (χ4v) is 2.87. The lowest BCUT2D eigenvalue weighted by Crippen LogP contribution is -2.09. The van der Waals surface area contributed by atoms with Gasteiger partial charge in [0.2, 0.25) is 0 Å². The summed E-state index contributed by atoms with van der Waals surface area (Å²) in [7, 11) is 0. The van der Waals surface area contributed by atoms with E-state index in [0.29, 0.717) is 0 Å². The third kappa shape index (κ3) is 1.71. The molecule has 0 amide bonds. The summed E-state index contributed by atoms with van der Waals surface area (Å²) >= 11 is 5.30. The Bertz CT molecular complexity index is 468. The summed E-state index contributed by atoms with van der Waals surface area (Å²) in [5, 5.41) is 1.19. The topological polar surface area (TPSA) is 12.9 Å². The maximum absolute atomic E-state index is 4.66. The highest BCUT2D eigenvalue weighted by Gasteiger charge is 2.19. The summed E-state index contributed by atoms with van der Waals surface area (Å²) < 4.78 is 2.34. The molecule has 0 aliphatic heterocycles. The van der Waals surface area contributed by atoms with Crippen LogP contribution < -0.4 is 0 Å². The van der Waals surface area contributed by atoms with E-state index in [-0.39, 0.29) is 5.41 Å². The van der Waals surface area contributed by atoms with Crippen molar-refractivity contribution < 1.29 is 0 Å². The average molecular weight is 270 g/mol. The number of rotatable bonds is 0. The molecule has 0 saturated carbocycles. The number of hydrogen-bond donors (Lipinski definition) is 0. The van der Waals surface area contributed by atoms with Crippen molar-refractivity contribution >= 4 is 37.5 Å². The number of benzene rings is 1. The van der Waals surface area contributed by atoms with Crippen LogP contribution in [0.4, 0.5) is 0 Å². The highest BCUT2D eigenvalue weighted by atomic mass is 79.9. The SMILES string of the molecule is CC(C)(C)c1nc2c(Br)cccc2s1. The molecule has 0 bridgehead atoms. The number of thiazole rings is 1. The third-order valence-corrected chi connectivity index (χ3v) is 4.10. The monoisotopic (exact) mass is 269 g/mol. The molecule has 1 nitrogen and oxygen atoms in total. The van der Waals surface area contributed by atoms with E-state index in [1.807, 2.05) is 6.07 Å². The molecule has 2 rings (SSSR count). The van der Waals surface area contributed by atoms with Crippen LogP contribution in [0, 0.1) is 0 Å². The molecule has 74 valence electrons. The minimum absolute atomic E-state index is 0.142. The van der Waals surface area contributed by atoms with E-state index < -0.39 is 0 Å². The molecule has 0 radical (unpaired) electrons. The van der Waals surface area contributed by atoms with Crippen LogP contribution >= 0.6 is 27.3 Å². The van der Waals surface area contributed by atoms with Crippen molar-refractivity contribution in [2.24, 2.45) is 0 Å². The summed E-state index contributed by atoms with van der Waals surface area (Å²) in [6.07, 6.45) is 0. The van der Waals surface area contributed by atoms with Crippen molar-refractivity contribution in [3.8, 4) is 0 Å². The molecule has 0 fully saturated rings. The van der Waals surface area contributed by atoms with Crippen molar-refractivity contribution in [1.82, 2.24) is 4.98 Å². The van der Waals surface area contributed by atoms with Crippen molar-refractivity contribution in [3.05, 3.63) is 27.7 Å². The van der Waals surface area contributed by atoms with Gasteiger partial charge >= 0.3 is 0 Å². The van der Waals surface area contributed by atoms with E-state index in [0.717, 1.165) is 9.99 Å². The summed E-state index contributed by atoms with van der Waals surface area (Å²) in [6.45, 7) is 6.58. The molecule has 0 unspecified atom stereocenters. The average Bonchev–Trinajstić information content (AvgIpc) is 2.48. The Kier molecular flexibility index (Phi) is 2.40. The summed E-state index contributed by atoms with van der Waals surface area (Å²) in [5.41, 5.74) is 1.23. The largest absolute Gasteiger partial charge is 0.239 e. The van der Waals surface area contributed by atoms with Gasteiger partial charge in [0.25, 0.3) is 0 Å². The number of para-hydroxylation sites is 1. The van der Waals surface area contributed by atoms with E-state index in [4.69, 9.17) is 0 Å². The van der Waals surface area contributed by atoms with E-state index in [1.165, 1.54) is 9.71 Å². The van der Waals surface area contributed by atoms with Gasteiger partial charge in [-0.25, -0.2) is 4.98 Å². The predicted octanol–water partition coefficient (Wildman–Crippen LogP) is 4.36. The lowest BCUT2D eigenvalue weighted by atomic mass is 9.98. The predicted molar refractivity (Wildman–Crippen MR) is 66.0 cm³/mol. The summed E-state index contributed by atoms with van der Waals surface area (Å²) in [6, 6.07) is 6.21. The molecule has 0 atom stereocenters. The van der Waals surface area contributed by atoms with Gasteiger partial charge < -0.3 is 0 Å². The number of halogens is 1. The number of fused-ring (bicyclic) bond motifs is 1. The van der Waals surface area contributed by atoms with Crippen molar-refractivity contribution in [2.75, 3.05) is 0 Å². The second-order valence-electron chi connectivity index (χ2n) is 4.36. The maximum atomic E-state index is 4.66. The van der Waals surface area contributed by atoms with Gasteiger partial charge in [-0.1, -0.05) is 26.8 Å². The van der Waals surface area contributed by atoms with Gasteiger partial charge in [0.1, 0.15) is 0 Å². The van der Waals surface area contributed by atoms with E-state index in [2.05, 4.69) is 53.8 Å². The standard InChI is InChI=1S/C11H12BrNS/c1-11(2,3)10-13-9-7(12)5-4-6-8(9)14-10/h4-6H,1-3H3. The highest BCUT2D eigenvalue weighted by Crippen LogP contribution is 2.33. The molecule has 14 heavy (non-hydrogen) atoms. The molecule has 1 aromatic carbocycles. The molecule has 0 spiro atoms. The molecule has 0 aliphatic carbocycles. The van der Waals surface area contributed by atoms with Gasteiger partial charge in [-0.2, -0.15) is 0 Å². The van der Waals surface area contributed by atoms with Gasteiger partial charge in [-0.15, -0.1) is 11.3 Å². The molecule has 1 aromatic heterocycles. The van der Waals surface area contributed by atoms with Crippen LogP contribution in [-0.2, 0) is 5.41 Å². The van der Waals surface area contributed by atoms with Crippen LogP contribution in [0.5, 0.6) is 0 Å². The molecule has 3 heteroatoms. The Balaban J connectivity index is 2.69. The normalized spacial score (nSPS) is 12.3. The lowest BCUT2D eigenvalue weighted by Gasteiger charge is -2.13. The Morgan fingerprint density at radius 3 is 2.57 bits per heavy atom. The van der Waals surface area contributed by atoms with Gasteiger partial charge in [0, 0.05) is 9.89 Å². The van der Waals surface area contributed by atoms with E-state index in [1.54, 1.807) is 11.3 Å². The molecule has 0 aliphatic rings. The smallest absolute Gasteiger partial charge is 0.0992 e. The molecule has 0 saturated heterocycles. The van der Waals surface area contributed by atoms with Gasteiger partial charge in [0.05, 0.1) is 15.2 Å². The molecular weight excluding hydrogens is 258 g/mol. The second kappa shape index (κ2) is 3.31. The number of aromatic nitrogens is 1. The first-order valence-electron chi connectivity index (χ1n) is 4.54. The Labute approximate surface area is 96.3 Å². The first kappa shape index (κ1) is 10.1. The summed E-state index contributed by atoms with van der Waals surface area (Å²) in [5.74, 6) is 0. The molecule has 1 heterocycles. The zero-order valence-corrected chi connectivity index (χ0v) is 10.9. The molecule has 2 aromatic rings. The quantitative estimate of drug-likeness (QED) is 0.693. The zero-order valence-electron chi connectivity index (χ0n) is 8.47. The second-order valence-corrected chi connectivity index (χ2v) is 6.24. The van der Waals surface area contributed by atoms with Crippen LogP contribution in [0.15, 0.2) is 22.7 Å². The molecular formula is C11H12BrNS. The number of hydrogen-bond acceptors (Lipinski definition) is 2. The van der Waals surface area contributed by atoms with Crippen LogP contribution in [-0.4, -0.2) is 4.98 Å². The van der Waals surface area contributed by atoms with E-state index in [9.17, 15) is 0 Å². The van der Waals surface area contributed by atoms with Crippen molar-refractivity contribution in [2.45, 2.75) is 26.2 Å². The van der Waals surface area contributed by atoms with E-state index >= 15 is 0 Å². The zero-order chi connectivity index (χ0) is 10.3. The first-order valence-corrected chi connectivity index (χ1v) is 6.15. The Morgan fingerprint density at radius 2 is 2.00 bits per heavy atom. The fourth-order valence-electron chi connectivity index (χ4n) is 1.24. The van der Waals surface area contributed by atoms with Crippen LogP contribution in [0.1, 0.15) is 25.8 Å². The minimum atomic E-state index is 0.142. The highest BCUT2D eigenvalue weighted by molar-refractivity contribution is 9.10. The Morgan fingerprint density at radius 1 is 1.29 bits per heavy atom. The maximum Gasteiger partial charge on any atom is 0.0992 e. The van der Waals surface area contributed by atoms with Crippen LogP contribution in [0.2, 0.25) is 0 Å². The summed E-state index contributed by atoms with van der Waals surface area (Å²) in [4.78, 5) is 4.66. The third-order valence-electron chi connectivity index (χ3n) is 2.01. The van der Waals surface area contributed by atoms with Gasteiger partial charge in [-0.3, -0.25) is 0 Å². The fraction of sp³-hybridized carbons (Fsp3) is 0.364. The van der Waals surface area contributed by atoms with Gasteiger partial charge in [0.15, 0.2) is 0 Å². The Hall–Kier alpha value is -0.410. The van der Waals surface area contributed by atoms with Crippen molar-refractivity contribution in [1.29, 1.82) is 0 Å². The molecule has 0 N–H and O–H groups in total.